The highest BCUT2D eigenvalue weighted by molar-refractivity contribution is 6.06. The molecule has 0 aromatic heterocycles. The first-order valence-corrected chi connectivity index (χ1v) is 9.44. The number of benzene rings is 3. The summed E-state index contributed by atoms with van der Waals surface area (Å²) in [7, 11) is 1.55. The van der Waals surface area contributed by atoms with Crippen LogP contribution in [0.1, 0.15) is 21.5 Å². The van der Waals surface area contributed by atoms with Crippen LogP contribution in [0.2, 0.25) is 0 Å². The summed E-state index contributed by atoms with van der Waals surface area (Å²) in [5.41, 5.74) is 2.25. The summed E-state index contributed by atoms with van der Waals surface area (Å²) in [5.74, 6) is 4.93. The van der Waals surface area contributed by atoms with Crippen LogP contribution in [0.25, 0.3) is 6.08 Å². The molecule has 0 heterocycles. The summed E-state index contributed by atoms with van der Waals surface area (Å²) in [5, 5.41) is 2.64. The quantitative estimate of drug-likeness (QED) is 0.424. The molecule has 3 rings (SSSR count). The molecule has 0 saturated carbocycles. The Kier molecular flexibility index (Phi) is 7.40. The van der Waals surface area contributed by atoms with Gasteiger partial charge in [-0.1, -0.05) is 48.5 Å². The maximum Gasteiger partial charge on any atom is 0.358 e. The molecule has 0 atom stereocenters. The van der Waals surface area contributed by atoms with E-state index >= 15 is 0 Å². The molecule has 1 amide bonds. The molecule has 0 fully saturated rings. The summed E-state index contributed by atoms with van der Waals surface area (Å²) in [6.07, 6.45) is 2.98. The lowest BCUT2D eigenvalue weighted by molar-refractivity contribution is -0.111. The van der Waals surface area contributed by atoms with Gasteiger partial charge in [-0.15, -0.1) is 0 Å². The number of nitrogens with two attached hydrogens (primary N) is 1. The standard InChI is InChI=1S/C24H22N2O5/c1-29-22-15-17(11-13-21(22)30-16-18-7-3-2-4-8-18)12-14-23(27)26-20-10-6-5-9-19(20)24(28)31-25/h2-15H,16,25H2,1H3,(H,26,27)/b14-12+. The second kappa shape index (κ2) is 10.6. The molecule has 7 heteroatoms. The van der Waals surface area contributed by atoms with Gasteiger partial charge in [0.25, 0.3) is 0 Å². The lowest BCUT2D eigenvalue weighted by Gasteiger charge is -2.11. The van der Waals surface area contributed by atoms with Crippen LogP contribution in [0.3, 0.4) is 0 Å². The van der Waals surface area contributed by atoms with Crippen molar-refractivity contribution in [1.82, 2.24) is 0 Å². The number of nitrogens with one attached hydrogen (secondary N) is 1. The smallest absolute Gasteiger partial charge is 0.358 e. The van der Waals surface area contributed by atoms with E-state index in [1.165, 1.54) is 12.1 Å². The first kappa shape index (κ1) is 21.6. The molecule has 0 aliphatic rings. The Morgan fingerprint density at radius 2 is 1.71 bits per heavy atom. The predicted molar refractivity (Wildman–Crippen MR) is 117 cm³/mol. The molecular weight excluding hydrogens is 396 g/mol. The maximum atomic E-state index is 12.3. The first-order chi connectivity index (χ1) is 15.1. The van der Waals surface area contributed by atoms with E-state index in [1.807, 2.05) is 36.4 Å². The van der Waals surface area contributed by atoms with Crippen molar-refractivity contribution >= 4 is 23.6 Å². The minimum Gasteiger partial charge on any atom is -0.493 e. The van der Waals surface area contributed by atoms with E-state index in [9.17, 15) is 9.59 Å². The topological polar surface area (TPSA) is 99.9 Å². The second-order valence-electron chi connectivity index (χ2n) is 6.46. The summed E-state index contributed by atoms with van der Waals surface area (Å²) in [6, 6.07) is 21.6. The van der Waals surface area contributed by atoms with Crippen LogP contribution in [0.4, 0.5) is 5.69 Å². The number of para-hydroxylation sites is 1. The maximum absolute atomic E-state index is 12.3. The summed E-state index contributed by atoms with van der Waals surface area (Å²) in [6.45, 7) is 0.416. The fourth-order valence-electron chi connectivity index (χ4n) is 2.82. The van der Waals surface area contributed by atoms with E-state index in [0.29, 0.717) is 23.8 Å². The molecule has 0 spiro atoms. The highest BCUT2D eigenvalue weighted by Crippen LogP contribution is 2.29. The third kappa shape index (κ3) is 5.94. The average molecular weight is 418 g/mol. The average Bonchev–Trinajstić information content (AvgIpc) is 2.82. The molecule has 0 radical (unpaired) electrons. The van der Waals surface area contributed by atoms with Gasteiger partial charge in [-0.05, 0) is 41.5 Å². The van der Waals surface area contributed by atoms with Gasteiger partial charge in [0.2, 0.25) is 5.91 Å². The van der Waals surface area contributed by atoms with Gasteiger partial charge in [0.15, 0.2) is 11.5 Å². The summed E-state index contributed by atoms with van der Waals surface area (Å²) >= 11 is 0. The molecule has 31 heavy (non-hydrogen) atoms. The SMILES string of the molecule is COc1cc(/C=C/C(=O)Nc2ccccc2C(=O)ON)ccc1OCc1ccccc1. The van der Waals surface area contributed by atoms with Crippen molar-refractivity contribution in [3.63, 3.8) is 0 Å². The van der Waals surface area contributed by atoms with Crippen molar-refractivity contribution in [2.75, 3.05) is 12.4 Å². The van der Waals surface area contributed by atoms with E-state index in [4.69, 9.17) is 15.4 Å². The van der Waals surface area contributed by atoms with Crippen molar-refractivity contribution in [3.05, 3.63) is 95.6 Å². The number of methoxy groups -OCH3 is 1. The van der Waals surface area contributed by atoms with Crippen molar-refractivity contribution in [3.8, 4) is 11.5 Å². The van der Waals surface area contributed by atoms with Crippen LogP contribution in [-0.4, -0.2) is 19.0 Å². The molecule has 0 bridgehead atoms. The normalized spacial score (nSPS) is 10.5. The number of anilines is 1. The van der Waals surface area contributed by atoms with Crippen molar-refractivity contribution in [2.24, 2.45) is 5.90 Å². The molecule has 3 aromatic carbocycles. The van der Waals surface area contributed by atoms with Crippen LogP contribution in [0.5, 0.6) is 11.5 Å². The number of rotatable bonds is 8. The van der Waals surface area contributed by atoms with Crippen molar-refractivity contribution in [1.29, 1.82) is 0 Å². The van der Waals surface area contributed by atoms with Crippen LogP contribution in [0, 0.1) is 0 Å². The van der Waals surface area contributed by atoms with Crippen LogP contribution < -0.4 is 20.7 Å². The van der Waals surface area contributed by atoms with Crippen molar-refractivity contribution in [2.45, 2.75) is 6.61 Å². The minimum atomic E-state index is -0.740. The zero-order chi connectivity index (χ0) is 22.1. The Morgan fingerprint density at radius 3 is 2.45 bits per heavy atom. The lowest BCUT2D eigenvalue weighted by Crippen LogP contribution is -2.15. The van der Waals surface area contributed by atoms with E-state index in [1.54, 1.807) is 43.5 Å². The second-order valence-corrected chi connectivity index (χ2v) is 6.46. The van der Waals surface area contributed by atoms with Crippen LogP contribution in [-0.2, 0) is 16.2 Å². The monoisotopic (exact) mass is 418 g/mol. The number of carbonyl (C=O) groups excluding carboxylic acids is 2. The third-order valence-corrected chi connectivity index (χ3v) is 4.36. The zero-order valence-electron chi connectivity index (χ0n) is 16.9. The molecule has 7 nitrogen and oxygen atoms in total. The third-order valence-electron chi connectivity index (χ3n) is 4.36. The number of hydrogen-bond donors (Lipinski definition) is 2. The van der Waals surface area contributed by atoms with Crippen LogP contribution >= 0.6 is 0 Å². The molecule has 0 saturated heterocycles. The highest BCUT2D eigenvalue weighted by atomic mass is 16.7. The number of amides is 1. The van der Waals surface area contributed by atoms with Gasteiger partial charge < -0.3 is 19.6 Å². The van der Waals surface area contributed by atoms with Gasteiger partial charge in [-0.25, -0.2) is 4.79 Å². The molecule has 3 aromatic rings. The number of carbonyl (C=O) groups is 2. The number of ether oxygens (including phenoxy) is 2. The van der Waals surface area contributed by atoms with Gasteiger partial charge in [-0.3, -0.25) is 4.79 Å². The van der Waals surface area contributed by atoms with E-state index < -0.39 is 11.9 Å². The zero-order valence-corrected chi connectivity index (χ0v) is 16.9. The van der Waals surface area contributed by atoms with Gasteiger partial charge >= 0.3 is 5.97 Å². The Bertz CT molecular complexity index is 1080. The van der Waals surface area contributed by atoms with Gasteiger partial charge in [0.05, 0.1) is 18.4 Å². The Hall–Kier alpha value is -4.10. The molecule has 0 aliphatic carbocycles. The molecule has 0 unspecified atom stereocenters. The van der Waals surface area contributed by atoms with E-state index in [0.717, 1.165) is 11.1 Å². The van der Waals surface area contributed by atoms with Gasteiger partial charge in [-0.2, -0.15) is 5.90 Å². The lowest BCUT2D eigenvalue weighted by atomic mass is 10.1. The highest BCUT2D eigenvalue weighted by Gasteiger charge is 2.12. The summed E-state index contributed by atoms with van der Waals surface area (Å²) in [4.78, 5) is 28.2. The number of hydrogen-bond acceptors (Lipinski definition) is 6. The fraction of sp³-hybridized carbons (Fsp3) is 0.0833. The van der Waals surface area contributed by atoms with E-state index in [-0.39, 0.29) is 5.56 Å². The van der Waals surface area contributed by atoms with Crippen molar-refractivity contribution < 1.29 is 23.9 Å². The minimum absolute atomic E-state index is 0.160. The molecule has 0 aliphatic heterocycles. The van der Waals surface area contributed by atoms with E-state index in [2.05, 4.69) is 10.2 Å². The molecule has 3 N–H and O–H groups in total. The van der Waals surface area contributed by atoms with Gasteiger partial charge in [0, 0.05) is 6.08 Å². The predicted octanol–water partition coefficient (Wildman–Crippen LogP) is 3.96. The fourth-order valence-corrected chi connectivity index (χ4v) is 2.82. The first-order valence-electron chi connectivity index (χ1n) is 9.44. The van der Waals surface area contributed by atoms with Gasteiger partial charge in [0.1, 0.15) is 6.61 Å². The Balaban J connectivity index is 1.67. The largest absolute Gasteiger partial charge is 0.493 e. The summed E-state index contributed by atoms with van der Waals surface area (Å²) < 4.78 is 11.2. The Labute approximate surface area is 180 Å². The Morgan fingerprint density at radius 1 is 0.968 bits per heavy atom. The molecule has 158 valence electrons. The molecular formula is C24H22N2O5. The van der Waals surface area contributed by atoms with Crippen LogP contribution in [0.15, 0.2) is 78.9 Å².